The molecule has 0 rings (SSSR count). The van der Waals surface area contributed by atoms with E-state index in [9.17, 15) is 9.59 Å². The summed E-state index contributed by atoms with van der Waals surface area (Å²) >= 11 is 0. The van der Waals surface area contributed by atoms with Crippen molar-refractivity contribution in [3.63, 3.8) is 0 Å². The van der Waals surface area contributed by atoms with Crippen LogP contribution in [-0.2, 0) is 19.1 Å². The van der Waals surface area contributed by atoms with Crippen LogP contribution in [-0.4, -0.2) is 50.2 Å². The molecule has 5 heteroatoms. The van der Waals surface area contributed by atoms with Crippen LogP contribution in [0, 0.1) is 5.92 Å². The number of carbonyl (C=O) groups is 2. The quantitative estimate of drug-likeness (QED) is 0.229. The van der Waals surface area contributed by atoms with Crippen molar-refractivity contribution in [2.45, 2.75) is 104 Å². The second-order valence-corrected chi connectivity index (χ2v) is 8.36. The monoisotopic (exact) mass is 399 g/mol. The van der Waals surface area contributed by atoms with E-state index in [0.717, 1.165) is 25.8 Å². The minimum absolute atomic E-state index is 0.134. The van der Waals surface area contributed by atoms with E-state index in [4.69, 9.17) is 9.47 Å². The highest BCUT2D eigenvalue weighted by Crippen LogP contribution is 2.12. The molecule has 5 nitrogen and oxygen atoms in total. The fourth-order valence-corrected chi connectivity index (χ4v) is 2.99. The van der Waals surface area contributed by atoms with E-state index in [1.807, 2.05) is 25.9 Å². The van der Waals surface area contributed by atoms with Gasteiger partial charge in [0.15, 0.2) is 0 Å². The zero-order chi connectivity index (χ0) is 21.2. The summed E-state index contributed by atoms with van der Waals surface area (Å²) in [5, 5.41) is 0. The molecule has 0 saturated heterocycles. The Labute approximate surface area is 173 Å². The van der Waals surface area contributed by atoms with Crippen molar-refractivity contribution in [3.8, 4) is 0 Å². The molecule has 2 atom stereocenters. The molecule has 0 saturated carbocycles. The minimum Gasteiger partial charge on any atom is -0.462 e. The van der Waals surface area contributed by atoms with Crippen LogP contribution < -0.4 is 0 Å². The van der Waals surface area contributed by atoms with Crippen molar-refractivity contribution in [1.82, 2.24) is 4.90 Å². The molecule has 0 fully saturated rings. The molecule has 166 valence electrons. The van der Waals surface area contributed by atoms with Gasteiger partial charge in [0.05, 0.1) is 5.92 Å². The van der Waals surface area contributed by atoms with E-state index in [1.54, 1.807) is 6.92 Å². The van der Waals surface area contributed by atoms with Crippen molar-refractivity contribution in [1.29, 1.82) is 0 Å². The second-order valence-electron chi connectivity index (χ2n) is 8.36. The van der Waals surface area contributed by atoms with Crippen molar-refractivity contribution in [2.75, 3.05) is 27.2 Å². The van der Waals surface area contributed by atoms with Gasteiger partial charge < -0.3 is 14.4 Å². The molecule has 0 aliphatic carbocycles. The van der Waals surface area contributed by atoms with E-state index in [1.165, 1.54) is 51.4 Å². The summed E-state index contributed by atoms with van der Waals surface area (Å²) in [5.74, 6) is -0.555. The van der Waals surface area contributed by atoms with Crippen LogP contribution in [0.15, 0.2) is 0 Å². The minimum atomic E-state index is -0.388. The van der Waals surface area contributed by atoms with Gasteiger partial charge in [0, 0.05) is 6.42 Å². The summed E-state index contributed by atoms with van der Waals surface area (Å²) in [4.78, 5) is 25.9. The summed E-state index contributed by atoms with van der Waals surface area (Å²) in [6, 6.07) is 0. The fraction of sp³-hybridized carbons (Fsp3) is 0.913. The number of ether oxygens (including phenoxy) is 2. The standard InChI is InChI=1S/C23H45NO4/c1-6-7-8-9-10-11-12-13-14-15-16-22(25)28-21(3)19-27-23(26)20(2)17-18-24(4)5/h20-21H,6-19H2,1-5H3. The van der Waals surface area contributed by atoms with Gasteiger partial charge in [0.2, 0.25) is 0 Å². The average molecular weight is 400 g/mol. The van der Waals surface area contributed by atoms with Gasteiger partial charge in [0.1, 0.15) is 12.7 Å². The maximum absolute atomic E-state index is 11.9. The van der Waals surface area contributed by atoms with E-state index >= 15 is 0 Å². The second kappa shape index (κ2) is 18.0. The molecular formula is C23H45NO4. The van der Waals surface area contributed by atoms with Crippen molar-refractivity contribution >= 4 is 11.9 Å². The topological polar surface area (TPSA) is 55.8 Å². The highest BCUT2D eigenvalue weighted by atomic mass is 16.6. The Balaban J connectivity index is 3.61. The van der Waals surface area contributed by atoms with E-state index in [0.29, 0.717) is 6.42 Å². The van der Waals surface area contributed by atoms with Gasteiger partial charge in [-0.05, 0) is 40.4 Å². The number of hydrogen-bond donors (Lipinski definition) is 0. The molecule has 0 amide bonds. The number of nitrogens with zero attached hydrogens (tertiary/aromatic N) is 1. The van der Waals surface area contributed by atoms with Crippen LogP contribution >= 0.6 is 0 Å². The molecule has 0 aromatic carbocycles. The molecule has 28 heavy (non-hydrogen) atoms. The normalized spacial score (nSPS) is 13.4. The van der Waals surface area contributed by atoms with Crippen molar-refractivity contribution in [2.24, 2.45) is 5.92 Å². The predicted octanol–water partition coefficient (Wildman–Crippen LogP) is 5.36. The zero-order valence-electron chi connectivity index (χ0n) is 19.1. The van der Waals surface area contributed by atoms with E-state index in [-0.39, 0.29) is 30.6 Å². The molecule has 0 N–H and O–H groups in total. The van der Waals surface area contributed by atoms with Crippen LogP contribution in [0.3, 0.4) is 0 Å². The molecule has 0 radical (unpaired) electrons. The van der Waals surface area contributed by atoms with Gasteiger partial charge in [0.25, 0.3) is 0 Å². The molecule has 2 unspecified atom stereocenters. The van der Waals surface area contributed by atoms with E-state index in [2.05, 4.69) is 6.92 Å². The van der Waals surface area contributed by atoms with Gasteiger partial charge in [-0.3, -0.25) is 9.59 Å². The maximum Gasteiger partial charge on any atom is 0.308 e. The Bertz CT molecular complexity index is 398. The molecule has 0 bridgehead atoms. The van der Waals surface area contributed by atoms with Crippen LogP contribution in [0.25, 0.3) is 0 Å². The predicted molar refractivity (Wildman–Crippen MR) is 115 cm³/mol. The molecule has 0 spiro atoms. The SMILES string of the molecule is CCCCCCCCCCCCC(=O)OC(C)COC(=O)C(C)CCN(C)C. The highest BCUT2D eigenvalue weighted by molar-refractivity contribution is 5.72. The van der Waals surface area contributed by atoms with E-state index < -0.39 is 0 Å². The van der Waals surface area contributed by atoms with Crippen molar-refractivity contribution in [3.05, 3.63) is 0 Å². The lowest BCUT2D eigenvalue weighted by Crippen LogP contribution is -2.26. The summed E-state index contributed by atoms with van der Waals surface area (Å²) in [5.41, 5.74) is 0. The molecule has 0 aliphatic rings. The third-order valence-corrected chi connectivity index (χ3v) is 4.94. The largest absolute Gasteiger partial charge is 0.462 e. The Morgan fingerprint density at radius 3 is 1.93 bits per heavy atom. The number of esters is 2. The smallest absolute Gasteiger partial charge is 0.308 e. The van der Waals surface area contributed by atoms with Crippen LogP contribution in [0.2, 0.25) is 0 Å². The Morgan fingerprint density at radius 1 is 0.857 bits per heavy atom. The molecular weight excluding hydrogens is 354 g/mol. The Kier molecular flexibility index (Phi) is 17.3. The number of unbranched alkanes of at least 4 members (excludes halogenated alkanes) is 9. The average Bonchev–Trinajstić information content (AvgIpc) is 2.65. The van der Waals surface area contributed by atoms with Crippen LogP contribution in [0.1, 0.15) is 97.8 Å². The van der Waals surface area contributed by atoms with Gasteiger partial charge in [-0.1, -0.05) is 71.6 Å². The van der Waals surface area contributed by atoms with Gasteiger partial charge in [-0.15, -0.1) is 0 Å². The molecule has 0 heterocycles. The first kappa shape index (κ1) is 26.9. The van der Waals surface area contributed by atoms with Crippen LogP contribution in [0.5, 0.6) is 0 Å². The zero-order valence-corrected chi connectivity index (χ0v) is 19.1. The lowest BCUT2D eigenvalue weighted by molar-refractivity contribution is -0.160. The Morgan fingerprint density at radius 2 is 1.39 bits per heavy atom. The van der Waals surface area contributed by atoms with Gasteiger partial charge in [-0.2, -0.15) is 0 Å². The first-order chi connectivity index (χ1) is 13.4. The summed E-state index contributed by atoms with van der Waals surface area (Å²) < 4.78 is 10.6. The number of carbonyl (C=O) groups excluding carboxylic acids is 2. The lowest BCUT2D eigenvalue weighted by atomic mass is 10.1. The van der Waals surface area contributed by atoms with Gasteiger partial charge in [-0.25, -0.2) is 0 Å². The number of hydrogen-bond acceptors (Lipinski definition) is 5. The maximum atomic E-state index is 11.9. The summed E-state index contributed by atoms with van der Waals surface area (Å²) in [7, 11) is 3.96. The summed E-state index contributed by atoms with van der Waals surface area (Å²) in [6.45, 7) is 6.86. The van der Waals surface area contributed by atoms with Crippen LogP contribution in [0.4, 0.5) is 0 Å². The highest BCUT2D eigenvalue weighted by Gasteiger charge is 2.17. The molecule has 0 aromatic rings. The van der Waals surface area contributed by atoms with Gasteiger partial charge >= 0.3 is 11.9 Å². The van der Waals surface area contributed by atoms with Crippen molar-refractivity contribution < 1.29 is 19.1 Å². The first-order valence-electron chi connectivity index (χ1n) is 11.4. The molecule has 0 aromatic heterocycles. The third-order valence-electron chi connectivity index (χ3n) is 4.94. The summed E-state index contributed by atoms with van der Waals surface area (Å²) in [6.07, 6.45) is 13.3. The Hall–Kier alpha value is -1.10. The number of rotatable bonds is 18. The first-order valence-corrected chi connectivity index (χ1v) is 11.4. The lowest BCUT2D eigenvalue weighted by Gasteiger charge is -2.17. The third kappa shape index (κ3) is 17.0. The molecule has 0 aliphatic heterocycles. The fourth-order valence-electron chi connectivity index (χ4n) is 2.99.